The molecule has 9 nitrogen and oxygen atoms in total. The lowest BCUT2D eigenvalue weighted by atomic mass is 9.85. The first-order chi connectivity index (χ1) is 14.7. The molecule has 0 bridgehead atoms. The maximum Gasteiger partial charge on any atom is 0.414 e. The number of nitrogens with zero attached hydrogens (tertiary/aromatic N) is 3. The second kappa shape index (κ2) is 8.85. The number of benzene rings is 1. The number of nitrogens with two attached hydrogens (primary N) is 1. The third-order valence-electron chi connectivity index (χ3n) is 6.04. The Labute approximate surface area is 186 Å². The number of piperazine rings is 1. The number of thiocarbonyl (C=S) groups is 1. The van der Waals surface area contributed by atoms with Gasteiger partial charge in [0.1, 0.15) is 11.9 Å². The lowest BCUT2D eigenvalue weighted by Crippen LogP contribution is -2.50. The number of hydrogen-bond donors (Lipinski definition) is 2. The Hall–Kier alpha value is -2.02. The lowest BCUT2D eigenvalue weighted by Gasteiger charge is -2.34. The standard InChI is InChI=1S/C19H26FN5O4S2/c20-16-10-14(4-5-17(16)23-6-8-24(9-7-23)31(21,27)28)25-12-15(29-19(25)26)11-22-18(30)13-2-1-3-13/h4-5,10,13,15H,1-3,6-9,11-12H2,(H,22,30)(H2,21,27,28)/t15-/m0/s1. The lowest BCUT2D eigenvalue weighted by molar-refractivity contribution is 0.142. The van der Waals surface area contributed by atoms with Gasteiger partial charge < -0.3 is 15.0 Å². The molecule has 1 aromatic carbocycles. The molecule has 0 unspecified atom stereocenters. The van der Waals surface area contributed by atoms with Crippen molar-refractivity contribution in [1.29, 1.82) is 0 Å². The molecule has 31 heavy (non-hydrogen) atoms. The van der Waals surface area contributed by atoms with E-state index in [4.69, 9.17) is 22.1 Å². The molecule has 0 radical (unpaired) electrons. The van der Waals surface area contributed by atoms with Crippen molar-refractivity contribution in [2.75, 3.05) is 49.1 Å². The van der Waals surface area contributed by atoms with Crippen LogP contribution in [0, 0.1) is 11.7 Å². The number of carbonyl (C=O) groups is 1. The molecule has 2 saturated heterocycles. The molecule has 3 N–H and O–H groups in total. The van der Waals surface area contributed by atoms with E-state index in [0.717, 1.165) is 17.8 Å². The van der Waals surface area contributed by atoms with Crippen LogP contribution in [0.2, 0.25) is 0 Å². The predicted molar refractivity (Wildman–Crippen MR) is 119 cm³/mol. The van der Waals surface area contributed by atoms with E-state index in [0.29, 0.717) is 43.5 Å². The number of cyclic esters (lactones) is 1. The van der Waals surface area contributed by atoms with E-state index in [1.165, 1.54) is 21.7 Å². The monoisotopic (exact) mass is 471 g/mol. The molecule has 1 atom stereocenters. The van der Waals surface area contributed by atoms with E-state index in [1.54, 1.807) is 17.0 Å². The van der Waals surface area contributed by atoms with Crippen molar-refractivity contribution in [3.8, 4) is 0 Å². The average Bonchev–Trinajstić information content (AvgIpc) is 3.05. The summed E-state index contributed by atoms with van der Waals surface area (Å²) in [5.74, 6) is -0.0567. The maximum absolute atomic E-state index is 14.8. The van der Waals surface area contributed by atoms with Gasteiger partial charge in [-0.3, -0.25) is 4.90 Å². The highest BCUT2D eigenvalue weighted by molar-refractivity contribution is 7.86. The molecule has 4 rings (SSSR count). The number of amides is 1. The summed E-state index contributed by atoms with van der Waals surface area (Å²) in [6.07, 6.45) is 2.52. The number of anilines is 2. The van der Waals surface area contributed by atoms with E-state index in [9.17, 15) is 17.6 Å². The number of halogens is 1. The summed E-state index contributed by atoms with van der Waals surface area (Å²) in [5.41, 5.74) is 0.771. The Morgan fingerprint density at radius 1 is 1.26 bits per heavy atom. The zero-order chi connectivity index (χ0) is 22.2. The summed E-state index contributed by atoms with van der Waals surface area (Å²) < 4.78 is 44.3. The SMILES string of the molecule is NS(=O)(=O)N1CCN(c2ccc(N3C[C@H](CNC(=S)C4CCC4)OC3=O)cc2F)CC1. The van der Waals surface area contributed by atoms with E-state index >= 15 is 0 Å². The van der Waals surface area contributed by atoms with Gasteiger partial charge in [-0.15, -0.1) is 0 Å². The van der Waals surface area contributed by atoms with Crippen LogP contribution in [0.25, 0.3) is 0 Å². The van der Waals surface area contributed by atoms with Crippen molar-refractivity contribution in [2.24, 2.45) is 11.1 Å². The summed E-state index contributed by atoms with van der Waals surface area (Å²) in [7, 11) is -3.74. The van der Waals surface area contributed by atoms with Crippen LogP contribution in [0.5, 0.6) is 0 Å². The molecule has 2 heterocycles. The van der Waals surface area contributed by atoms with Crippen molar-refractivity contribution in [2.45, 2.75) is 25.4 Å². The summed E-state index contributed by atoms with van der Waals surface area (Å²) in [6, 6.07) is 4.57. The number of carbonyl (C=O) groups excluding carboxylic acids is 1. The first-order valence-corrected chi connectivity index (χ1v) is 12.2. The highest BCUT2D eigenvalue weighted by atomic mass is 32.2. The molecule has 1 aliphatic carbocycles. The zero-order valence-electron chi connectivity index (χ0n) is 17.0. The van der Waals surface area contributed by atoms with Crippen LogP contribution in [0.15, 0.2) is 18.2 Å². The van der Waals surface area contributed by atoms with Gasteiger partial charge in [0.05, 0.1) is 29.5 Å². The third-order valence-corrected chi connectivity index (χ3v) is 7.60. The Balaban J connectivity index is 1.35. The predicted octanol–water partition coefficient (Wildman–Crippen LogP) is 1.19. The highest BCUT2D eigenvalue weighted by Crippen LogP contribution is 2.29. The van der Waals surface area contributed by atoms with E-state index in [2.05, 4.69) is 5.32 Å². The molecule has 1 aromatic rings. The van der Waals surface area contributed by atoms with Crippen LogP contribution in [0.1, 0.15) is 19.3 Å². The van der Waals surface area contributed by atoms with Crippen molar-refractivity contribution in [3.05, 3.63) is 24.0 Å². The van der Waals surface area contributed by atoms with Crippen molar-refractivity contribution >= 4 is 44.9 Å². The average molecular weight is 472 g/mol. The molecule has 0 aromatic heterocycles. The maximum atomic E-state index is 14.8. The fraction of sp³-hybridized carbons (Fsp3) is 0.579. The van der Waals surface area contributed by atoms with Gasteiger partial charge in [0, 0.05) is 32.1 Å². The largest absolute Gasteiger partial charge is 0.442 e. The molecule has 1 amide bonds. The third kappa shape index (κ3) is 4.92. The van der Waals surface area contributed by atoms with Crippen molar-refractivity contribution in [1.82, 2.24) is 9.62 Å². The fourth-order valence-corrected chi connectivity index (χ4v) is 4.96. The number of hydrogen-bond acceptors (Lipinski definition) is 6. The van der Waals surface area contributed by atoms with Crippen molar-refractivity contribution in [3.63, 3.8) is 0 Å². The number of rotatable bonds is 6. The van der Waals surface area contributed by atoms with Crippen LogP contribution in [0.4, 0.5) is 20.6 Å². The van der Waals surface area contributed by atoms with Crippen LogP contribution in [-0.2, 0) is 14.9 Å². The van der Waals surface area contributed by atoms with Crippen LogP contribution >= 0.6 is 12.2 Å². The Kier molecular flexibility index (Phi) is 6.33. The molecule has 2 aliphatic heterocycles. The molecular formula is C19H26FN5O4S2. The molecule has 3 aliphatic rings. The fourth-order valence-electron chi connectivity index (χ4n) is 3.97. The van der Waals surface area contributed by atoms with Gasteiger partial charge in [-0.05, 0) is 31.0 Å². The number of nitrogens with one attached hydrogen (secondary N) is 1. The van der Waals surface area contributed by atoms with Gasteiger partial charge in [0.25, 0.3) is 10.2 Å². The first-order valence-electron chi connectivity index (χ1n) is 10.3. The molecule has 3 fully saturated rings. The second-order valence-corrected chi connectivity index (χ2v) is 10.0. The molecular weight excluding hydrogens is 445 g/mol. The van der Waals surface area contributed by atoms with Gasteiger partial charge in [-0.1, -0.05) is 18.6 Å². The van der Waals surface area contributed by atoms with Crippen molar-refractivity contribution < 1.29 is 22.3 Å². The van der Waals surface area contributed by atoms with Gasteiger partial charge in [0.2, 0.25) is 0 Å². The molecule has 1 saturated carbocycles. The minimum absolute atomic E-state index is 0.190. The topological polar surface area (TPSA) is 108 Å². The minimum Gasteiger partial charge on any atom is -0.442 e. The normalized spacial score (nSPS) is 22.9. The number of ether oxygens (including phenoxy) is 1. The van der Waals surface area contributed by atoms with E-state index < -0.39 is 22.1 Å². The smallest absolute Gasteiger partial charge is 0.414 e. The van der Waals surface area contributed by atoms with Gasteiger partial charge >= 0.3 is 6.09 Å². The van der Waals surface area contributed by atoms with Crippen LogP contribution in [-0.4, -0.2) is 69.2 Å². The minimum atomic E-state index is -3.74. The van der Waals surface area contributed by atoms with Gasteiger partial charge in [-0.25, -0.2) is 14.3 Å². The Morgan fingerprint density at radius 3 is 2.55 bits per heavy atom. The molecule has 0 spiro atoms. The van der Waals surface area contributed by atoms with Gasteiger partial charge in [-0.2, -0.15) is 12.7 Å². The first kappa shape index (κ1) is 22.2. The van der Waals surface area contributed by atoms with Crippen LogP contribution < -0.4 is 20.3 Å². The summed E-state index contributed by atoms with van der Waals surface area (Å²) >= 11 is 5.37. The second-order valence-electron chi connectivity index (χ2n) is 8.06. The Bertz CT molecular complexity index is 964. The van der Waals surface area contributed by atoms with Gasteiger partial charge in [0.15, 0.2) is 0 Å². The zero-order valence-corrected chi connectivity index (χ0v) is 18.6. The summed E-state index contributed by atoms with van der Waals surface area (Å²) in [4.78, 5) is 16.3. The molecule has 170 valence electrons. The van der Waals surface area contributed by atoms with E-state index in [1.807, 2.05) is 0 Å². The van der Waals surface area contributed by atoms with Crippen LogP contribution in [0.3, 0.4) is 0 Å². The summed E-state index contributed by atoms with van der Waals surface area (Å²) in [5, 5.41) is 8.33. The van der Waals surface area contributed by atoms with E-state index in [-0.39, 0.29) is 19.2 Å². The quantitative estimate of drug-likeness (QED) is 0.600. The summed E-state index contributed by atoms with van der Waals surface area (Å²) in [6.45, 7) is 1.78. The highest BCUT2D eigenvalue weighted by Gasteiger charge is 2.34. The molecule has 12 heteroatoms. The Morgan fingerprint density at radius 2 is 1.97 bits per heavy atom.